The van der Waals surface area contributed by atoms with E-state index in [4.69, 9.17) is 0 Å². The van der Waals surface area contributed by atoms with Crippen LogP contribution in [0.15, 0.2) is 0 Å². The van der Waals surface area contributed by atoms with Gasteiger partial charge in [-0.15, -0.1) is 12.4 Å². The van der Waals surface area contributed by atoms with Crippen LogP contribution in [-0.4, -0.2) is 56.3 Å². The Balaban J connectivity index is 0.00000256. The van der Waals surface area contributed by atoms with Gasteiger partial charge in [-0.25, -0.2) is 0 Å². The van der Waals surface area contributed by atoms with Gasteiger partial charge >= 0.3 is 6.18 Å². The van der Waals surface area contributed by atoms with Crippen molar-refractivity contribution in [2.24, 2.45) is 0 Å². The van der Waals surface area contributed by atoms with Crippen molar-refractivity contribution < 1.29 is 18.0 Å². The van der Waals surface area contributed by atoms with Crippen molar-refractivity contribution in [1.82, 2.24) is 15.5 Å². The van der Waals surface area contributed by atoms with E-state index in [1.54, 1.807) is 0 Å². The van der Waals surface area contributed by atoms with Crippen molar-refractivity contribution >= 4 is 18.3 Å². The Hall–Kier alpha value is -0.530. The molecule has 0 aliphatic carbocycles. The molecule has 17 heavy (non-hydrogen) atoms. The van der Waals surface area contributed by atoms with Gasteiger partial charge in [-0.05, 0) is 13.5 Å². The minimum absolute atomic E-state index is 0. The second-order valence-corrected chi connectivity index (χ2v) is 3.90. The fraction of sp³-hybridized carbons (Fsp3) is 0.889. The Morgan fingerprint density at radius 3 is 2.59 bits per heavy atom. The van der Waals surface area contributed by atoms with Crippen molar-refractivity contribution in [2.75, 3.05) is 33.2 Å². The summed E-state index contributed by atoms with van der Waals surface area (Å²) in [6.45, 7) is 0.226. The number of halogens is 4. The third-order valence-corrected chi connectivity index (χ3v) is 2.53. The summed E-state index contributed by atoms with van der Waals surface area (Å²) < 4.78 is 35.4. The van der Waals surface area contributed by atoms with Gasteiger partial charge in [-0.2, -0.15) is 13.2 Å². The average Bonchev–Trinajstić information content (AvgIpc) is 2.61. The quantitative estimate of drug-likeness (QED) is 0.780. The van der Waals surface area contributed by atoms with Gasteiger partial charge in [0.1, 0.15) is 6.54 Å². The summed E-state index contributed by atoms with van der Waals surface area (Å²) in [5.74, 6) is -0.575. The van der Waals surface area contributed by atoms with Gasteiger partial charge in [0.2, 0.25) is 5.91 Å². The van der Waals surface area contributed by atoms with Gasteiger partial charge in [-0.1, -0.05) is 0 Å². The molecule has 0 radical (unpaired) electrons. The number of likely N-dealkylation sites (N-methyl/N-ethyl adjacent to an activating group) is 1. The van der Waals surface area contributed by atoms with Crippen LogP contribution in [0.3, 0.4) is 0 Å². The number of carbonyl (C=O) groups is 1. The Bertz CT molecular complexity index is 250. The summed E-state index contributed by atoms with van der Waals surface area (Å²) >= 11 is 0. The van der Waals surface area contributed by atoms with E-state index in [0.717, 1.165) is 13.0 Å². The van der Waals surface area contributed by atoms with E-state index in [2.05, 4.69) is 5.32 Å². The van der Waals surface area contributed by atoms with E-state index < -0.39 is 18.6 Å². The summed E-state index contributed by atoms with van der Waals surface area (Å²) in [5.41, 5.74) is 0. The molecule has 1 aliphatic rings. The molecule has 1 amide bonds. The summed E-state index contributed by atoms with van der Waals surface area (Å²) in [5, 5.41) is 4.93. The SMILES string of the molecule is CNC1CCN(CC(=O)NCC(F)(F)F)C1.Cl. The smallest absolute Gasteiger partial charge is 0.346 e. The summed E-state index contributed by atoms with van der Waals surface area (Å²) in [6, 6.07) is 0.329. The largest absolute Gasteiger partial charge is 0.405 e. The molecular formula is C9H17ClF3N3O. The molecule has 1 aliphatic heterocycles. The first-order valence-electron chi connectivity index (χ1n) is 5.14. The lowest BCUT2D eigenvalue weighted by Gasteiger charge is -2.15. The molecule has 0 aromatic heterocycles. The zero-order valence-corrected chi connectivity index (χ0v) is 10.3. The molecule has 0 spiro atoms. The second-order valence-electron chi connectivity index (χ2n) is 3.90. The van der Waals surface area contributed by atoms with Crippen LogP contribution in [0.5, 0.6) is 0 Å². The first-order valence-corrected chi connectivity index (χ1v) is 5.14. The molecule has 1 unspecified atom stereocenters. The lowest BCUT2D eigenvalue weighted by Crippen LogP contribution is -2.41. The highest BCUT2D eigenvalue weighted by Crippen LogP contribution is 2.12. The number of likely N-dealkylation sites (tertiary alicyclic amines) is 1. The van der Waals surface area contributed by atoms with Gasteiger partial charge in [0.25, 0.3) is 0 Å². The normalized spacial score (nSPS) is 21.1. The molecule has 0 saturated carbocycles. The minimum atomic E-state index is -4.34. The summed E-state index contributed by atoms with van der Waals surface area (Å²) in [4.78, 5) is 13.0. The Morgan fingerprint density at radius 1 is 1.47 bits per heavy atom. The lowest BCUT2D eigenvalue weighted by molar-refractivity contribution is -0.138. The molecule has 0 aromatic carbocycles. The number of alkyl halides is 3. The van der Waals surface area contributed by atoms with Crippen LogP contribution in [0.25, 0.3) is 0 Å². The van der Waals surface area contributed by atoms with Crippen LogP contribution in [0.2, 0.25) is 0 Å². The predicted molar refractivity (Wildman–Crippen MR) is 60.2 cm³/mol. The van der Waals surface area contributed by atoms with Crippen LogP contribution in [0.4, 0.5) is 13.2 Å². The number of carbonyl (C=O) groups excluding carboxylic acids is 1. The van der Waals surface area contributed by atoms with Crippen molar-refractivity contribution in [3.8, 4) is 0 Å². The molecule has 1 atom stereocenters. The van der Waals surface area contributed by atoms with Crippen LogP contribution < -0.4 is 10.6 Å². The van der Waals surface area contributed by atoms with Gasteiger partial charge < -0.3 is 10.6 Å². The zero-order valence-electron chi connectivity index (χ0n) is 9.51. The molecule has 102 valence electrons. The molecular weight excluding hydrogens is 259 g/mol. The highest BCUT2D eigenvalue weighted by Gasteiger charge is 2.28. The van der Waals surface area contributed by atoms with Gasteiger partial charge in [0.05, 0.1) is 6.54 Å². The lowest BCUT2D eigenvalue weighted by atomic mass is 10.3. The van der Waals surface area contributed by atoms with Crippen LogP contribution in [0.1, 0.15) is 6.42 Å². The van der Waals surface area contributed by atoms with E-state index >= 15 is 0 Å². The fourth-order valence-corrected chi connectivity index (χ4v) is 1.67. The maximum Gasteiger partial charge on any atom is 0.405 e. The Labute approximate surface area is 104 Å². The van der Waals surface area contributed by atoms with Crippen molar-refractivity contribution in [2.45, 2.75) is 18.6 Å². The van der Waals surface area contributed by atoms with Crippen molar-refractivity contribution in [3.63, 3.8) is 0 Å². The molecule has 0 bridgehead atoms. The number of rotatable bonds is 4. The first kappa shape index (κ1) is 16.5. The molecule has 0 aromatic rings. The topological polar surface area (TPSA) is 44.4 Å². The zero-order chi connectivity index (χ0) is 12.2. The van der Waals surface area contributed by atoms with Crippen molar-refractivity contribution in [1.29, 1.82) is 0 Å². The summed E-state index contributed by atoms with van der Waals surface area (Å²) in [6.07, 6.45) is -3.42. The first-order chi connectivity index (χ1) is 7.40. The summed E-state index contributed by atoms with van der Waals surface area (Å²) in [7, 11) is 1.83. The second kappa shape index (κ2) is 7.03. The van der Waals surface area contributed by atoms with E-state index in [1.807, 2.05) is 17.3 Å². The predicted octanol–water partition coefficient (Wildman–Crippen LogP) is 0.380. The molecule has 8 heteroatoms. The minimum Gasteiger partial charge on any atom is -0.346 e. The van der Waals surface area contributed by atoms with Crippen molar-refractivity contribution in [3.05, 3.63) is 0 Å². The monoisotopic (exact) mass is 275 g/mol. The number of hydrogen-bond donors (Lipinski definition) is 2. The molecule has 1 rings (SSSR count). The standard InChI is InChI=1S/C9H16F3N3O.ClH/c1-13-7-2-3-15(4-7)5-8(16)14-6-9(10,11)12;/h7,13H,2-6H2,1H3,(H,14,16);1H. The van der Waals surface area contributed by atoms with Gasteiger partial charge in [-0.3, -0.25) is 9.69 Å². The maximum absolute atomic E-state index is 11.8. The molecule has 2 N–H and O–H groups in total. The number of nitrogens with one attached hydrogen (secondary N) is 2. The van der Waals surface area contributed by atoms with E-state index in [-0.39, 0.29) is 19.0 Å². The van der Waals surface area contributed by atoms with E-state index in [9.17, 15) is 18.0 Å². The third kappa shape index (κ3) is 6.70. The van der Waals surface area contributed by atoms with Gasteiger partial charge in [0.15, 0.2) is 0 Å². The van der Waals surface area contributed by atoms with E-state index in [0.29, 0.717) is 12.6 Å². The average molecular weight is 276 g/mol. The molecule has 1 heterocycles. The number of hydrogen-bond acceptors (Lipinski definition) is 3. The van der Waals surface area contributed by atoms with E-state index in [1.165, 1.54) is 0 Å². The maximum atomic E-state index is 11.8. The number of nitrogens with zero attached hydrogens (tertiary/aromatic N) is 1. The highest BCUT2D eigenvalue weighted by molar-refractivity contribution is 5.85. The van der Waals surface area contributed by atoms with Crippen LogP contribution in [0, 0.1) is 0 Å². The molecule has 4 nitrogen and oxygen atoms in total. The van der Waals surface area contributed by atoms with Crippen LogP contribution >= 0.6 is 12.4 Å². The third-order valence-electron chi connectivity index (χ3n) is 2.53. The highest BCUT2D eigenvalue weighted by atomic mass is 35.5. The molecule has 1 saturated heterocycles. The Kier molecular flexibility index (Phi) is 6.81. The number of amides is 1. The Morgan fingerprint density at radius 2 is 2.12 bits per heavy atom. The van der Waals surface area contributed by atoms with Crippen LogP contribution in [-0.2, 0) is 4.79 Å². The molecule has 1 fully saturated rings. The fourth-order valence-electron chi connectivity index (χ4n) is 1.67. The van der Waals surface area contributed by atoms with Gasteiger partial charge in [0, 0.05) is 19.1 Å².